The van der Waals surface area contributed by atoms with E-state index in [0.29, 0.717) is 5.56 Å². The monoisotopic (exact) mass is 279 g/mol. The van der Waals surface area contributed by atoms with E-state index in [2.05, 4.69) is 10.1 Å². The normalized spacial score (nSPS) is 13.7. The fourth-order valence-electron chi connectivity index (χ4n) is 1.71. The van der Waals surface area contributed by atoms with Crippen molar-refractivity contribution < 1.29 is 19.4 Å². The minimum absolute atomic E-state index is 0.135. The summed E-state index contributed by atoms with van der Waals surface area (Å²) < 4.78 is 4.62. The highest BCUT2D eigenvalue weighted by atomic mass is 16.5. The predicted molar refractivity (Wildman–Crippen MR) is 75.2 cm³/mol. The topological polar surface area (TPSA) is 75.6 Å². The quantitative estimate of drug-likeness (QED) is 0.804. The molecule has 1 aromatic carbocycles. The molecular formula is C15H21NO4. The van der Waals surface area contributed by atoms with Crippen molar-refractivity contribution in [2.24, 2.45) is 5.92 Å². The van der Waals surface area contributed by atoms with Gasteiger partial charge in [-0.25, -0.2) is 4.79 Å². The molecule has 0 aliphatic rings. The van der Waals surface area contributed by atoms with Gasteiger partial charge < -0.3 is 15.2 Å². The number of methoxy groups -OCH3 is 1. The second-order valence-electron chi connectivity index (χ2n) is 5.03. The number of nitrogens with one attached hydrogen (secondary N) is 1. The van der Waals surface area contributed by atoms with Crippen molar-refractivity contribution >= 4 is 11.9 Å². The van der Waals surface area contributed by atoms with Crippen LogP contribution in [-0.4, -0.2) is 30.2 Å². The molecule has 0 aliphatic heterocycles. The van der Waals surface area contributed by atoms with Crippen LogP contribution in [0.15, 0.2) is 24.3 Å². The van der Waals surface area contributed by atoms with E-state index in [1.54, 1.807) is 38.1 Å². The van der Waals surface area contributed by atoms with Crippen LogP contribution < -0.4 is 5.32 Å². The lowest BCUT2D eigenvalue weighted by Crippen LogP contribution is -2.38. The molecule has 2 atom stereocenters. The Kier molecular flexibility index (Phi) is 5.70. The molecule has 5 heteroatoms. The van der Waals surface area contributed by atoms with E-state index in [9.17, 15) is 14.7 Å². The molecular weight excluding hydrogens is 258 g/mol. The highest BCUT2D eigenvalue weighted by molar-refractivity contribution is 5.89. The van der Waals surface area contributed by atoms with E-state index in [1.165, 1.54) is 7.11 Å². The third-order valence-corrected chi connectivity index (χ3v) is 3.09. The van der Waals surface area contributed by atoms with E-state index in [-0.39, 0.29) is 12.0 Å². The second-order valence-corrected chi connectivity index (χ2v) is 5.03. The third kappa shape index (κ3) is 4.06. The summed E-state index contributed by atoms with van der Waals surface area (Å²) >= 11 is 0. The summed E-state index contributed by atoms with van der Waals surface area (Å²) in [6, 6.07) is 6.53. The smallest absolute Gasteiger partial charge is 0.337 e. The number of aliphatic hydroxyl groups is 1. The van der Waals surface area contributed by atoms with E-state index in [4.69, 9.17) is 0 Å². The number of esters is 1. The highest BCUT2D eigenvalue weighted by Crippen LogP contribution is 2.14. The number of amides is 1. The molecule has 0 saturated carbocycles. The Labute approximate surface area is 118 Å². The molecule has 2 N–H and O–H groups in total. The van der Waals surface area contributed by atoms with Crippen molar-refractivity contribution in [1.29, 1.82) is 0 Å². The molecule has 1 aromatic rings. The van der Waals surface area contributed by atoms with Gasteiger partial charge in [0.25, 0.3) is 0 Å². The van der Waals surface area contributed by atoms with Crippen molar-refractivity contribution in [3.63, 3.8) is 0 Å². The average molecular weight is 279 g/mol. The van der Waals surface area contributed by atoms with Crippen molar-refractivity contribution in [2.75, 3.05) is 7.11 Å². The zero-order chi connectivity index (χ0) is 15.3. The van der Waals surface area contributed by atoms with Gasteiger partial charge in [0.15, 0.2) is 0 Å². The van der Waals surface area contributed by atoms with Gasteiger partial charge in [0.2, 0.25) is 5.91 Å². The molecule has 20 heavy (non-hydrogen) atoms. The summed E-state index contributed by atoms with van der Waals surface area (Å²) in [7, 11) is 1.33. The molecule has 0 spiro atoms. The Balaban J connectivity index is 2.71. The maximum absolute atomic E-state index is 11.8. The van der Waals surface area contributed by atoms with Gasteiger partial charge in [0, 0.05) is 0 Å². The summed E-state index contributed by atoms with van der Waals surface area (Å²) in [6.45, 7) is 5.37. The molecule has 0 heterocycles. The molecule has 0 radical (unpaired) electrons. The van der Waals surface area contributed by atoms with Gasteiger partial charge in [-0.05, 0) is 30.5 Å². The maximum Gasteiger partial charge on any atom is 0.337 e. The Morgan fingerprint density at radius 1 is 1.15 bits per heavy atom. The van der Waals surface area contributed by atoms with Crippen LogP contribution in [0, 0.1) is 5.92 Å². The lowest BCUT2D eigenvalue weighted by atomic mass is 10.0. The number of carbonyl (C=O) groups excluding carboxylic acids is 2. The van der Waals surface area contributed by atoms with Gasteiger partial charge in [0.1, 0.15) is 6.10 Å². The number of carbonyl (C=O) groups is 2. The lowest BCUT2D eigenvalue weighted by molar-refractivity contribution is -0.132. The Hall–Kier alpha value is -1.88. The van der Waals surface area contributed by atoms with Gasteiger partial charge in [-0.3, -0.25) is 4.79 Å². The van der Waals surface area contributed by atoms with Gasteiger partial charge in [-0.15, -0.1) is 0 Å². The van der Waals surface area contributed by atoms with Crippen molar-refractivity contribution in [1.82, 2.24) is 5.32 Å². The molecule has 0 fully saturated rings. The van der Waals surface area contributed by atoms with Crippen LogP contribution in [0.3, 0.4) is 0 Å². The van der Waals surface area contributed by atoms with E-state index in [0.717, 1.165) is 5.56 Å². The molecule has 0 saturated heterocycles. The molecule has 0 aliphatic carbocycles. The minimum atomic E-state index is -1.02. The van der Waals surface area contributed by atoms with Gasteiger partial charge >= 0.3 is 5.97 Å². The number of hydrogen-bond acceptors (Lipinski definition) is 4. The average Bonchev–Trinajstić information content (AvgIpc) is 2.45. The van der Waals surface area contributed by atoms with Crippen LogP contribution in [0.1, 0.15) is 42.7 Å². The summed E-state index contributed by atoms with van der Waals surface area (Å²) in [5.74, 6) is -0.933. The van der Waals surface area contributed by atoms with Gasteiger partial charge in [0.05, 0.1) is 18.7 Å². The SMILES string of the molecule is COC(=O)c1ccc([C@H](C)NC(=O)C(O)C(C)C)cc1. The fourth-order valence-corrected chi connectivity index (χ4v) is 1.71. The minimum Gasteiger partial charge on any atom is -0.465 e. The molecule has 5 nitrogen and oxygen atoms in total. The Bertz CT molecular complexity index is 467. The van der Waals surface area contributed by atoms with Crippen molar-refractivity contribution in [3.05, 3.63) is 35.4 Å². The van der Waals surface area contributed by atoms with E-state index < -0.39 is 18.0 Å². The molecule has 1 unspecified atom stereocenters. The zero-order valence-corrected chi connectivity index (χ0v) is 12.2. The fraction of sp³-hybridized carbons (Fsp3) is 0.467. The summed E-state index contributed by atoms with van der Waals surface area (Å²) in [5, 5.41) is 12.4. The van der Waals surface area contributed by atoms with Gasteiger partial charge in [-0.1, -0.05) is 26.0 Å². The first kappa shape index (κ1) is 16.2. The highest BCUT2D eigenvalue weighted by Gasteiger charge is 2.20. The van der Waals surface area contributed by atoms with Gasteiger partial charge in [-0.2, -0.15) is 0 Å². The van der Waals surface area contributed by atoms with Crippen LogP contribution >= 0.6 is 0 Å². The Morgan fingerprint density at radius 2 is 1.70 bits per heavy atom. The Morgan fingerprint density at radius 3 is 2.15 bits per heavy atom. The summed E-state index contributed by atoms with van der Waals surface area (Å²) in [4.78, 5) is 23.1. The number of rotatable bonds is 5. The van der Waals surface area contributed by atoms with E-state index >= 15 is 0 Å². The molecule has 0 aromatic heterocycles. The number of aliphatic hydroxyl groups excluding tert-OH is 1. The molecule has 0 bridgehead atoms. The summed E-state index contributed by atoms with van der Waals surface area (Å²) in [5.41, 5.74) is 1.30. The standard InChI is InChI=1S/C15H21NO4/c1-9(2)13(17)14(18)16-10(3)11-5-7-12(8-6-11)15(19)20-4/h5-10,13,17H,1-4H3,(H,16,18)/t10-,13?/m0/s1. The van der Waals surface area contributed by atoms with Crippen LogP contribution in [0.4, 0.5) is 0 Å². The second kappa shape index (κ2) is 7.05. The zero-order valence-electron chi connectivity index (χ0n) is 12.2. The van der Waals surface area contributed by atoms with Crippen LogP contribution in [-0.2, 0) is 9.53 Å². The largest absolute Gasteiger partial charge is 0.465 e. The van der Waals surface area contributed by atoms with Crippen LogP contribution in [0.25, 0.3) is 0 Å². The molecule has 110 valence electrons. The lowest BCUT2D eigenvalue weighted by Gasteiger charge is -2.19. The van der Waals surface area contributed by atoms with Crippen LogP contribution in [0.5, 0.6) is 0 Å². The van der Waals surface area contributed by atoms with E-state index in [1.807, 2.05) is 6.92 Å². The first-order chi connectivity index (χ1) is 9.36. The number of hydrogen-bond donors (Lipinski definition) is 2. The van der Waals surface area contributed by atoms with Crippen molar-refractivity contribution in [2.45, 2.75) is 32.9 Å². The first-order valence-corrected chi connectivity index (χ1v) is 6.53. The maximum atomic E-state index is 11.8. The molecule has 1 amide bonds. The van der Waals surface area contributed by atoms with Crippen LogP contribution in [0.2, 0.25) is 0 Å². The number of ether oxygens (including phenoxy) is 1. The van der Waals surface area contributed by atoms with Crippen molar-refractivity contribution in [3.8, 4) is 0 Å². The third-order valence-electron chi connectivity index (χ3n) is 3.09. The summed E-state index contributed by atoms with van der Waals surface area (Å²) in [6.07, 6.45) is -1.02. The molecule has 1 rings (SSSR count). The first-order valence-electron chi connectivity index (χ1n) is 6.53. The predicted octanol–water partition coefficient (Wildman–Crippen LogP) is 1.67. The number of benzene rings is 1.